The first kappa shape index (κ1) is 43.1. The van der Waals surface area contributed by atoms with E-state index in [0.29, 0.717) is 33.8 Å². The molecular formula is C44H49F2N11O6S. The molecule has 0 unspecified atom stereocenters. The molecule has 5 heterocycles. The van der Waals surface area contributed by atoms with Crippen LogP contribution in [-0.4, -0.2) is 102 Å². The summed E-state index contributed by atoms with van der Waals surface area (Å²) in [4.78, 5) is 48.6. The van der Waals surface area contributed by atoms with Gasteiger partial charge in [0.1, 0.15) is 23.2 Å². The highest BCUT2D eigenvalue weighted by molar-refractivity contribution is 7.90. The second-order valence-corrected chi connectivity index (χ2v) is 19.3. The van der Waals surface area contributed by atoms with Gasteiger partial charge in [-0.2, -0.15) is 23.1 Å². The van der Waals surface area contributed by atoms with Gasteiger partial charge >= 0.3 is 16.2 Å². The number of halogens is 2. The summed E-state index contributed by atoms with van der Waals surface area (Å²) in [5.41, 5.74) is 1.06. The molecule has 336 valence electrons. The fourth-order valence-corrected chi connectivity index (χ4v) is 10.7. The minimum atomic E-state index is -4.01. The van der Waals surface area contributed by atoms with Crippen molar-refractivity contribution in [2.24, 2.45) is 18.4 Å². The Morgan fingerprint density at radius 1 is 1.00 bits per heavy atom. The molecule has 4 aliphatic rings. The molecule has 0 atom stereocenters. The third-order valence-corrected chi connectivity index (χ3v) is 15.2. The third kappa shape index (κ3) is 8.00. The largest absolute Gasteiger partial charge is 0.453 e. The van der Waals surface area contributed by atoms with Crippen LogP contribution >= 0.6 is 0 Å². The van der Waals surface area contributed by atoms with E-state index in [1.54, 1.807) is 41.7 Å². The van der Waals surface area contributed by atoms with E-state index >= 15 is 8.78 Å². The number of nitrogens with zero attached hydrogens (tertiary/aromatic N) is 9. The number of piperidine rings is 2. The Labute approximate surface area is 368 Å². The fourth-order valence-electron chi connectivity index (χ4n) is 9.73. The van der Waals surface area contributed by atoms with Crippen LogP contribution in [0.25, 0.3) is 21.8 Å². The molecule has 0 bridgehead atoms. The lowest BCUT2D eigenvalue weighted by Gasteiger charge is -2.53. The van der Waals surface area contributed by atoms with Crippen LogP contribution in [0.1, 0.15) is 63.5 Å². The van der Waals surface area contributed by atoms with Crippen molar-refractivity contribution in [3.8, 4) is 17.6 Å². The van der Waals surface area contributed by atoms with Gasteiger partial charge in [0.25, 0.3) is 5.56 Å². The molecule has 5 aromatic rings. The summed E-state index contributed by atoms with van der Waals surface area (Å²) in [5.74, 6) is -1.16. The first-order valence-corrected chi connectivity index (χ1v) is 23.0. The Kier molecular flexibility index (Phi) is 11.3. The number of likely N-dealkylation sites (tertiary alicyclic amines) is 1. The maximum absolute atomic E-state index is 15.7. The van der Waals surface area contributed by atoms with Crippen LogP contribution in [0.4, 0.5) is 30.8 Å². The van der Waals surface area contributed by atoms with Gasteiger partial charge in [-0.25, -0.2) is 18.6 Å². The molecule has 20 heteroatoms. The van der Waals surface area contributed by atoms with Crippen molar-refractivity contribution < 1.29 is 31.5 Å². The van der Waals surface area contributed by atoms with Crippen LogP contribution in [0, 0.1) is 34.3 Å². The number of nitrogens with one attached hydrogen (secondary N) is 2. The molecule has 2 aromatic heterocycles. The SMILES string of the molecule is CCN(C)S(=O)(=O)Nc1ccc(F)c(Oc2ccc3ncn(C4CC5(CCN(CC6CCN(c7cc8c(cc7F)c(N7CCC(=O)NC7=O)nn8C)CC6)CC5)C4)c(=O)c3c2)c1C#N. The minimum Gasteiger partial charge on any atom is -0.453 e. The van der Waals surface area contributed by atoms with Gasteiger partial charge in [0.15, 0.2) is 17.4 Å². The molecule has 9 rings (SSSR count). The number of carbonyl (C=O) groups excluding carboxylic acids is 2. The van der Waals surface area contributed by atoms with Crippen LogP contribution < -0.4 is 30.1 Å². The van der Waals surface area contributed by atoms with Crippen LogP contribution in [0.2, 0.25) is 0 Å². The van der Waals surface area contributed by atoms with E-state index in [1.807, 2.05) is 6.07 Å². The van der Waals surface area contributed by atoms with E-state index in [4.69, 9.17) is 4.74 Å². The van der Waals surface area contributed by atoms with Gasteiger partial charge in [0.05, 0.1) is 34.1 Å². The number of anilines is 3. The summed E-state index contributed by atoms with van der Waals surface area (Å²) >= 11 is 0. The van der Waals surface area contributed by atoms with Crippen molar-refractivity contribution in [3.05, 3.63) is 76.3 Å². The van der Waals surface area contributed by atoms with E-state index in [9.17, 15) is 28.1 Å². The van der Waals surface area contributed by atoms with Crippen molar-refractivity contribution in [3.63, 3.8) is 0 Å². The number of fused-ring (bicyclic) bond motifs is 2. The average molecular weight is 898 g/mol. The normalized spacial score (nSPS) is 18.8. The number of carbonyl (C=O) groups is 2. The molecule has 1 saturated carbocycles. The van der Waals surface area contributed by atoms with Crippen LogP contribution in [-0.2, 0) is 22.1 Å². The van der Waals surface area contributed by atoms with Crippen molar-refractivity contribution >= 4 is 61.1 Å². The average Bonchev–Trinajstić information content (AvgIpc) is 3.58. The molecule has 3 amide bonds. The van der Waals surface area contributed by atoms with Gasteiger partial charge in [-0.3, -0.25) is 33.8 Å². The Balaban J connectivity index is 0.796. The van der Waals surface area contributed by atoms with Crippen molar-refractivity contribution in [2.75, 3.05) is 67.4 Å². The summed E-state index contributed by atoms with van der Waals surface area (Å²) in [5, 5.41) is 17.5. The maximum Gasteiger partial charge on any atom is 0.329 e. The molecule has 3 saturated heterocycles. The van der Waals surface area contributed by atoms with E-state index in [2.05, 4.69) is 29.9 Å². The predicted molar refractivity (Wildman–Crippen MR) is 236 cm³/mol. The Morgan fingerprint density at radius 2 is 1.75 bits per heavy atom. The van der Waals surface area contributed by atoms with E-state index in [0.717, 1.165) is 87.7 Å². The van der Waals surface area contributed by atoms with Gasteiger partial charge in [-0.1, -0.05) is 6.92 Å². The standard InChI is InChI=1S/C44H49F2N11O6S/c1-4-52(2)64(61,62)51-36-8-6-33(45)40(32(36)24-47)63-29-5-7-35-30(19-29)42(59)57(26-48-35)28-22-44(23-28)12-17-54(18-13-44)25-27-9-14-55(15-10-27)38-21-37-31(20-34(38)46)41(50-53(37)3)56-16-11-39(58)49-43(56)60/h5-8,19-21,26-28,51H,4,9-18,22-23,25H2,1-3H3,(H,49,58,60). The quantitative estimate of drug-likeness (QED) is 0.168. The van der Waals surface area contributed by atoms with E-state index < -0.39 is 27.8 Å². The molecule has 1 spiro atoms. The molecule has 3 aliphatic heterocycles. The van der Waals surface area contributed by atoms with Crippen LogP contribution in [0.3, 0.4) is 0 Å². The smallest absolute Gasteiger partial charge is 0.329 e. The molecule has 0 radical (unpaired) electrons. The molecule has 2 N–H and O–H groups in total. The number of imide groups is 1. The third-order valence-electron chi connectivity index (χ3n) is 13.6. The van der Waals surface area contributed by atoms with Gasteiger partial charge in [-0.15, -0.1) is 0 Å². The molecule has 17 nitrogen and oxygen atoms in total. The lowest BCUT2D eigenvalue weighted by molar-refractivity contribution is -0.120. The Hall–Kier alpha value is -6.17. The molecule has 3 aromatic carbocycles. The first-order valence-electron chi connectivity index (χ1n) is 21.6. The van der Waals surface area contributed by atoms with Crippen LogP contribution in [0.5, 0.6) is 11.5 Å². The monoisotopic (exact) mass is 897 g/mol. The summed E-state index contributed by atoms with van der Waals surface area (Å²) in [6.45, 7) is 6.37. The second kappa shape index (κ2) is 16.8. The molecular weight excluding hydrogens is 849 g/mol. The van der Waals surface area contributed by atoms with E-state index in [-0.39, 0.29) is 70.6 Å². The number of amides is 3. The van der Waals surface area contributed by atoms with E-state index in [1.165, 1.54) is 30.1 Å². The van der Waals surface area contributed by atoms with Crippen molar-refractivity contribution in [1.82, 2.24) is 33.9 Å². The zero-order valence-corrected chi connectivity index (χ0v) is 36.6. The Morgan fingerprint density at radius 3 is 2.45 bits per heavy atom. The number of urea groups is 1. The summed E-state index contributed by atoms with van der Waals surface area (Å²) < 4.78 is 68.7. The van der Waals surface area contributed by atoms with Crippen molar-refractivity contribution in [1.29, 1.82) is 5.26 Å². The number of aromatic nitrogens is 4. The highest BCUT2D eigenvalue weighted by Gasteiger charge is 2.47. The number of nitriles is 1. The molecule has 4 fully saturated rings. The highest BCUT2D eigenvalue weighted by Crippen LogP contribution is 2.54. The molecule has 1 aliphatic carbocycles. The zero-order valence-electron chi connectivity index (χ0n) is 35.8. The highest BCUT2D eigenvalue weighted by atomic mass is 32.2. The second-order valence-electron chi connectivity index (χ2n) is 17.5. The summed E-state index contributed by atoms with van der Waals surface area (Å²) in [7, 11) is -0.877. The zero-order chi connectivity index (χ0) is 45.1. The molecule has 64 heavy (non-hydrogen) atoms. The number of ether oxygens (including phenoxy) is 1. The van der Waals surface area contributed by atoms with Gasteiger partial charge in [0, 0.05) is 64.7 Å². The topological polar surface area (TPSA) is 191 Å². The maximum atomic E-state index is 15.7. The number of rotatable bonds is 11. The number of aryl methyl sites for hydroxylation is 1. The van der Waals surface area contributed by atoms with Gasteiger partial charge in [0.2, 0.25) is 5.91 Å². The summed E-state index contributed by atoms with van der Waals surface area (Å²) in [6, 6.07) is 11.2. The lowest BCUT2D eigenvalue weighted by atomic mass is 9.60. The first-order chi connectivity index (χ1) is 30.7. The fraction of sp³-hybridized carbons (Fsp3) is 0.455. The minimum absolute atomic E-state index is 0.0223. The van der Waals surface area contributed by atoms with Crippen LogP contribution in [0.15, 0.2) is 53.6 Å². The number of benzene rings is 3. The summed E-state index contributed by atoms with van der Waals surface area (Å²) in [6.07, 6.45) is 7.37. The number of hydrogen-bond acceptors (Lipinski definition) is 11. The Bertz CT molecular complexity index is 2890. The predicted octanol–water partition coefficient (Wildman–Crippen LogP) is 5.61. The van der Waals surface area contributed by atoms with Gasteiger partial charge in [-0.05, 0) is 105 Å². The number of hydrogen-bond donors (Lipinski definition) is 2. The van der Waals surface area contributed by atoms with Gasteiger partial charge < -0.3 is 14.5 Å². The lowest BCUT2D eigenvalue weighted by Crippen LogP contribution is -2.50. The van der Waals surface area contributed by atoms with Crippen molar-refractivity contribution in [2.45, 2.75) is 57.9 Å².